The van der Waals surface area contributed by atoms with Crippen molar-refractivity contribution >= 4 is 16.5 Å². The second-order valence-corrected chi connectivity index (χ2v) is 13.7. The summed E-state index contributed by atoms with van der Waals surface area (Å²) in [6.07, 6.45) is 24.2. The van der Waals surface area contributed by atoms with E-state index in [2.05, 4.69) is 58.4 Å². The number of piperidine rings is 1. The summed E-state index contributed by atoms with van der Waals surface area (Å²) in [5.41, 5.74) is 3.63. The minimum absolute atomic E-state index is 0.0569. The molecule has 3 bridgehead atoms. The van der Waals surface area contributed by atoms with Crippen LogP contribution in [0.1, 0.15) is 69.9 Å². The van der Waals surface area contributed by atoms with Gasteiger partial charge in [-0.15, -0.1) is 0 Å². The standard InChI is InChI=1S/C36H44N4O2/c41-36-18-10-4-1-2-5-11-19-38-21-17-30(35(25-38)23-26-13-7-3-6-12-20-39(26)34(35)36)29(24-36)33-32-28(16-22-40(33)42)27-14-8-9-15-31(27)37-32/h1,4,7-9,13-16,22,24,26,30,34,41-42H,2-3,5-6,10-12,17-21,23,25H2/b4-1-,13-7-/t26-,30?,34-,35+,36+/m1/s1. The van der Waals surface area contributed by atoms with E-state index < -0.39 is 5.60 Å². The molecule has 0 aromatic heterocycles. The molecule has 6 aliphatic heterocycles. The Morgan fingerprint density at radius 2 is 1.74 bits per heavy atom. The Kier molecular flexibility index (Phi) is 6.58. The number of allylic oxidation sites excluding steroid dienone is 4. The van der Waals surface area contributed by atoms with E-state index in [1.165, 1.54) is 30.4 Å². The molecule has 2 N–H and O–H groups in total. The quantitative estimate of drug-likeness (QED) is 0.260. The second-order valence-electron chi connectivity index (χ2n) is 13.7. The number of fused-ring (bicyclic) bond motifs is 5. The Morgan fingerprint density at radius 1 is 0.905 bits per heavy atom. The minimum Gasteiger partial charge on any atom is -0.428 e. The van der Waals surface area contributed by atoms with Gasteiger partial charge in [-0.05, 0) is 114 Å². The predicted octanol–water partition coefficient (Wildman–Crippen LogP) is 6.52. The fourth-order valence-corrected chi connectivity index (χ4v) is 9.65. The molecule has 0 saturated carbocycles. The van der Waals surface area contributed by atoms with Gasteiger partial charge in [-0.2, -0.15) is 4.73 Å². The smallest absolute Gasteiger partial charge is 0.109 e. The fraction of sp³-hybridized carbons (Fsp3) is 0.528. The second kappa shape index (κ2) is 10.4. The number of para-hydroxylation sites is 1. The zero-order valence-corrected chi connectivity index (χ0v) is 24.7. The lowest BCUT2D eigenvalue weighted by Crippen LogP contribution is -2.65. The van der Waals surface area contributed by atoms with Crippen LogP contribution in [0.5, 0.6) is 0 Å². The molecule has 1 aromatic carbocycles. The molecular formula is C36H44N4O2. The van der Waals surface area contributed by atoms with Gasteiger partial charge in [-0.3, -0.25) is 4.90 Å². The topological polar surface area (TPSA) is 64.8 Å². The number of pyridine rings is 1. The number of benzene rings is 1. The van der Waals surface area contributed by atoms with Crippen molar-refractivity contribution in [2.45, 2.75) is 81.9 Å². The van der Waals surface area contributed by atoms with Crippen molar-refractivity contribution in [2.24, 2.45) is 11.3 Å². The van der Waals surface area contributed by atoms with Crippen molar-refractivity contribution in [3.05, 3.63) is 72.6 Å². The molecule has 1 aliphatic carbocycles. The first-order valence-corrected chi connectivity index (χ1v) is 16.4. The van der Waals surface area contributed by atoms with E-state index in [0.717, 1.165) is 91.7 Å². The maximum atomic E-state index is 13.1. The monoisotopic (exact) mass is 564 g/mol. The van der Waals surface area contributed by atoms with Gasteiger partial charge in [0.15, 0.2) is 0 Å². The number of hydrogen-bond donors (Lipinski definition) is 2. The van der Waals surface area contributed by atoms with Gasteiger partial charge < -0.3 is 15.2 Å². The van der Waals surface area contributed by atoms with Crippen molar-refractivity contribution in [1.29, 1.82) is 0 Å². The molecule has 0 amide bonds. The Balaban J connectivity index is 1.35. The van der Waals surface area contributed by atoms with Crippen molar-refractivity contribution in [3.63, 3.8) is 0 Å². The van der Waals surface area contributed by atoms with Gasteiger partial charge in [0.2, 0.25) is 0 Å². The highest BCUT2D eigenvalue weighted by molar-refractivity contribution is 6.00. The molecule has 42 heavy (non-hydrogen) atoms. The van der Waals surface area contributed by atoms with Gasteiger partial charge in [0.25, 0.3) is 0 Å². The number of aromatic nitrogens is 2. The van der Waals surface area contributed by atoms with E-state index >= 15 is 0 Å². The average Bonchev–Trinajstić information content (AvgIpc) is 3.49. The van der Waals surface area contributed by atoms with Gasteiger partial charge in [-0.25, -0.2) is 4.98 Å². The molecule has 7 aliphatic rings. The van der Waals surface area contributed by atoms with Gasteiger partial charge in [-0.1, -0.05) is 42.5 Å². The fourth-order valence-electron chi connectivity index (χ4n) is 9.65. The molecule has 0 radical (unpaired) electrons. The number of hydrogen-bond acceptors (Lipinski definition) is 5. The summed E-state index contributed by atoms with van der Waals surface area (Å²) in [6.45, 7) is 4.23. The molecule has 2 unspecified atom stereocenters. The molecule has 1 spiro atoms. The van der Waals surface area contributed by atoms with Crippen LogP contribution in [0.4, 0.5) is 0 Å². The molecule has 6 heteroatoms. The van der Waals surface area contributed by atoms with Crippen LogP contribution in [0.25, 0.3) is 27.7 Å². The van der Waals surface area contributed by atoms with Crippen LogP contribution in [0.15, 0.2) is 66.9 Å². The normalized spacial score (nSPS) is 37.0. The molecule has 2 saturated heterocycles. The maximum absolute atomic E-state index is 13.1. The maximum Gasteiger partial charge on any atom is 0.109 e. The Hall–Kier alpha value is -2.93. The largest absolute Gasteiger partial charge is 0.428 e. The first-order valence-electron chi connectivity index (χ1n) is 16.4. The van der Waals surface area contributed by atoms with E-state index in [1.54, 1.807) is 6.20 Å². The summed E-state index contributed by atoms with van der Waals surface area (Å²) in [6, 6.07) is 10.7. The molecule has 8 rings (SSSR count). The molecule has 2 fully saturated rings. The first-order chi connectivity index (χ1) is 20.6. The van der Waals surface area contributed by atoms with Gasteiger partial charge in [0.1, 0.15) is 5.69 Å². The zero-order chi connectivity index (χ0) is 28.3. The van der Waals surface area contributed by atoms with Crippen molar-refractivity contribution in [2.75, 3.05) is 26.2 Å². The number of nitrogens with zero attached hydrogens (tertiary/aromatic N) is 4. The summed E-state index contributed by atoms with van der Waals surface area (Å²) >= 11 is 0. The van der Waals surface area contributed by atoms with Gasteiger partial charge in [0, 0.05) is 35.1 Å². The van der Waals surface area contributed by atoms with Crippen molar-refractivity contribution < 1.29 is 10.3 Å². The minimum atomic E-state index is -1.00. The van der Waals surface area contributed by atoms with E-state index in [4.69, 9.17) is 4.98 Å². The SMILES string of the molecule is On1ccc2c3ccccc3nc-2c1C1=C[C@@]2(O)CC/C=C\CCCCN3CCC1[C@]1(C[C@H]4/C=C\CCCCN4[C@H]12)C3. The lowest BCUT2D eigenvalue weighted by molar-refractivity contribution is -0.0897. The summed E-state index contributed by atoms with van der Waals surface area (Å²) in [5, 5.41) is 25.7. The lowest BCUT2D eigenvalue weighted by Gasteiger charge is -2.58. The van der Waals surface area contributed by atoms with Crippen LogP contribution in [0.2, 0.25) is 0 Å². The first kappa shape index (κ1) is 26.7. The summed E-state index contributed by atoms with van der Waals surface area (Å²) in [5.74, 6) is 0.241. The van der Waals surface area contributed by atoms with E-state index in [9.17, 15) is 10.3 Å². The molecular weight excluding hydrogens is 520 g/mol. The Bertz CT molecular complexity index is 1540. The predicted molar refractivity (Wildman–Crippen MR) is 168 cm³/mol. The van der Waals surface area contributed by atoms with Gasteiger partial charge >= 0.3 is 0 Å². The van der Waals surface area contributed by atoms with Crippen LogP contribution in [0, 0.1) is 11.3 Å². The molecule has 6 nitrogen and oxygen atoms in total. The average molecular weight is 565 g/mol. The van der Waals surface area contributed by atoms with Crippen LogP contribution >= 0.6 is 0 Å². The summed E-state index contributed by atoms with van der Waals surface area (Å²) in [4.78, 5) is 10.5. The van der Waals surface area contributed by atoms with Crippen LogP contribution in [-0.4, -0.2) is 73.7 Å². The lowest BCUT2D eigenvalue weighted by atomic mass is 9.54. The molecule has 1 aromatic rings. The highest BCUT2D eigenvalue weighted by Gasteiger charge is 2.65. The van der Waals surface area contributed by atoms with E-state index in [1.807, 2.05) is 12.1 Å². The highest BCUT2D eigenvalue weighted by Crippen LogP contribution is 2.62. The molecule has 6 atom stereocenters. The number of aliphatic hydroxyl groups is 1. The van der Waals surface area contributed by atoms with Crippen LogP contribution in [0.3, 0.4) is 0 Å². The Morgan fingerprint density at radius 3 is 2.67 bits per heavy atom. The third kappa shape index (κ3) is 4.13. The molecule has 220 valence electrons. The van der Waals surface area contributed by atoms with E-state index in [-0.39, 0.29) is 17.4 Å². The highest BCUT2D eigenvalue weighted by atomic mass is 16.5. The third-order valence-corrected chi connectivity index (χ3v) is 11.3. The number of rotatable bonds is 1. The Labute approximate surface area is 249 Å². The molecule has 6 heterocycles. The van der Waals surface area contributed by atoms with Gasteiger partial charge in [0.05, 0.1) is 22.9 Å². The van der Waals surface area contributed by atoms with Crippen LogP contribution in [-0.2, 0) is 0 Å². The summed E-state index contributed by atoms with van der Waals surface area (Å²) < 4.78 is 1.30. The summed E-state index contributed by atoms with van der Waals surface area (Å²) in [7, 11) is 0. The third-order valence-electron chi connectivity index (χ3n) is 11.3. The van der Waals surface area contributed by atoms with Crippen molar-refractivity contribution in [3.8, 4) is 11.3 Å². The van der Waals surface area contributed by atoms with Crippen LogP contribution < -0.4 is 0 Å². The van der Waals surface area contributed by atoms with Crippen molar-refractivity contribution in [1.82, 2.24) is 19.5 Å². The zero-order valence-electron chi connectivity index (χ0n) is 24.7. The van der Waals surface area contributed by atoms with E-state index in [0.29, 0.717) is 12.5 Å².